The molecule has 0 bridgehead atoms. The summed E-state index contributed by atoms with van der Waals surface area (Å²) in [5.74, 6) is -0.450. The summed E-state index contributed by atoms with van der Waals surface area (Å²) in [5, 5.41) is 0. The lowest BCUT2D eigenvalue weighted by Gasteiger charge is -2.13. The SMILES string of the molecule is CC(COC(=O)CCCI)OC(=O)CCCI. The van der Waals surface area contributed by atoms with Gasteiger partial charge in [0.05, 0.1) is 0 Å². The largest absolute Gasteiger partial charge is 0.462 e. The minimum Gasteiger partial charge on any atom is -0.462 e. The fourth-order valence-corrected chi connectivity index (χ4v) is 1.78. The van der Waals surface area contributed by atoms with Crippen LogP contribution in [-0.4, -0.2) is 33.5 Å². The molecule has 0 heterocycles. The number of hydrogen-bond acceptors (Lipinski definition) is 4. The highest BCUT2D eigenvalue weighted by molar-refractivity contribution is 14.1. The Morgan fingerprint density at radius 2 is 1.59 bits per heavy atom. The van der Waals surface area contributed by atoms with Crippen LogP contribution in [-0.2, 0) is 19.1 Å². The summed E-state index contributed by atoms with van der Waals surface area (Å²) in [6, 6.07) is 0. The van der Waals surface area contributed by atoms with Gasteiger partial charge in [0.25, 0.3) is 0 Å². The molecule has 0 rings (SSSR count). The number of carbonyl (C=O) groups excluding carboxylic acids is 2. The van der Waals surface area contributed by atoms with Crippen molar-refractivity contribution in [2.45, 2.75) is 38.7 Å². The molecule has 0 fully saturated rings. The fraction of sp³-hybridized carbons (Fsp3) is 0.818. The molecule has 4 nitrogen and oxygen atoms in total. The average molecular weight is 468 g/mol. The van der Waals surface area contributed by atoms with Crippen molar-refractivity contribution in [3.05, 3.63) is 0 Å². The predicted octanol–water partition coefficient (Wildman–Crippen LogP) is 2.89. The zero-order chi connectivity index (χ0) is 13.1. The highest BCUT2D eigenvalue weighted by Gasteiger charge is 2.11. The summed E-state index contributed by atoms with van der Waals surface area (Å²) in [5.41, 5.74) is 0. The fourth-order valence-electron chi connectivity index (χ4n) is 1.02. The van der Waals surface area contributed by atoms with Gasteiger partial charge >= 0.3 is 11.9 Å². The van der Waals surface area contributed by atoms with E-state index in [1.165, 1.54) is 0 Å². The quantitative estimate of drug-likeness (QED) is 0.297. The molecule has 0 N–H and O–H groups in total. The van der Waals surface area contributed by atoms with E-state index in [1.807, 2.05) is 0 Å². The summed E-state index contributed by atoms with van der Waals surface area (Å²) in [6.07, 6.45) is 2.14. The van der Waals surface area contributed by atoms with Crippen LogP contribution in [0.25, 0.3) is 0 Å². The van der Waals surface area contributed by atoms with Crippen LogP contribution in [0.5, 0.6) is 0 Å². The van der Waals surface area contributed by atoms with E-state index in [4.69, 9.17) is 9.47 Å². The van der Waals surface area contributed by atoms with Gasteiger partial charge in [0, 0.05) is 21.7 Å². The first-order valence-corrected chi connectivity index (χ1v) is 8.62. The van der Waals surface area contributed by atoms with E-state index in [2.05, 4.69) is 45.2 Å². The number of hydrogen-bond donors (Lipinski definition) is 0. The van der Waals surface area contributed by atoms with Crippen molar-refractivity contribution in [2.24, 2.45) is 0 Å². The van der Waals surface area contributed by atoms with Gasteiger partial charge in [0.2, 0.25) is 0 Å². The third kappa shape index (κ3) is 11.2. The van der Waals surface area contributed by atoms with Crippen LogP contribution in [0.1, 0.15) is 32.6 Å². The zero-order valence-corrected chi connectivity index (χ0v) is 14.2. The van der Waals surface area contributed by atoms with Crippen LogP contribution >= 0.6 is 45.2 Å². The molecule has 0 aromatic rings. The first kappa shape index (κ1) is 17.4. The van der Waals surface area contributed by atoms with Crippen molar-refractivity contribution in [2.75, 3.05) is 15.5 Å². The molecule has 1 unspecified atom stereocenters. The molecule has 100 valence electrons. The number of halogens is 2. The molecule has 0 aromatic carbocycles. The maximum atomic E-state index is 11.3. The molecule has 0 aliphatic carbocycles. The van der Waals surface area contributed by atoms with Crippen LogP contribution in [0, 0.1) is 0 Å². The van der Waals surface area contributed by atoms with Crippen molar-refractivity contribution in [3.63, 3.8) is 0 Å². The lowest BCUT2D eigenvalue weighted by atomic mass is 10.3. The van der Waals surface area contributed by atoms with Gasteiger partial charge in [0.1, 0.15) is 12.7 Å². The molecular formula is C11H18I2O4. The number of carbonyl (C=O) groups is 2. The molecule has 17 heavy (non-hydrogen) atoms. The summed E-state index contributed by atoms with van der Waals surface area (Å²) in [7, 11) is 0. The topological polar surface area (TPSA) is 52.6 Å². The van der Waals surface area contributed by atoms with Crippen LogP contribution in [0.15, 0.2) is 0 Å². The normalized spacial score (nSPS) is 11.9. The zero-order valence-electron chi connectivity index (χ0n) is 9.92. The Bertz CT molecular complexity index is 234. The van der Waals surface area contributed by atoms with Crippen LogP contribution in [0.2, 0.25) is 0 Å². The van der Waals surface area contributed by atoms with Crippen molar-refractivity contribution in [1.29, 1.82) is 0 Å². The first-order valence-electron chi connectivity index (χ1n) is 5.57. The van der Waals surface area contributed by atoms with Crippen LogP contribution in [0.3, 0.4) is 0 Å². The van der Waals surface area contributed by atoms with E-state index < -0.39 is 0 Å². The molecular weight excluding hydrogens is 450 g/mol. The lowest BCUT2D eigenvalue weighted by molar-refractivity contribution is -0.158. The smallest absolute Gasteiger partial charge is 0.306 e. The molecule has 0 radical (unpaired) electrons. The predicted molar refractivity (Wildman–Crippen MR) is 82.8 cm³/mol. The molecule has 6 heteroatoms. The second kappa shape index (κ2) is 11.5. The Labute approximate surface area is 129 Å². The second-order valence-corrected chi connectivity index (χ2v) is 5.73. The van der Waals surface area contributed by atoms with Crippen molar-refractivity contribution in [1.82, 2.24) is 0 Å². The Hall–Kier alpha value is 0.400. The number of esters is 2. The maximum Gasteiger partial charge on any atom is 0.306 e. The van der Waals surface area contributed by atoms with Crippen molar-refractivity contribution in [3.8, 4) is 0 Å². The van der Waals surface area contributed by atoms with Crippen LogP contribution < -0.4 is 0 Å². The van der Waals surface area contributed by atoms with Gasteiger partial charge in [-0.1, -0.05) is 45.2 Å². The Kier molecular flexibility index (Phi) is 11.8. The number of ether oxygens (including phenoxy) is 2. The van der Waals surface area contributed by atoms with E-state index in [-0.39, 0.29) is 24.6 Å². The highest BCUT2D eigenvalue weighted by Crippen LogP contribution is 2.02. The van der Waals surface area contributed by atoms with E-state index >= 15 is 0 Å². The van der Waals surface area contributed by atoms with E-state index in [0.29, 0.717) is 12.8 Å². The molecule has 0 spiro atoms. The molecule has 0 aliphatic rings. The van der Waals surface area contributed by atoms with Crippen molar-refractivity contribution >= 4 is 57.1 Å². The van der Waals surface area contributed by atoms with Gasteiger partial charge in [-0.05, 0) is 19.8 Å². The number of rotatable bonds is 9. The molecule has 0 amide bonds. The van der Waals surface area contributed by atoms with Gasteiger partial charge in [-0.3, -0.25) is 9.59 Å². The molecule has 0 saturated carbocycles. The molecule has 1 atom stereocenters. The molecule has 0 aromatic heterocycles. The monoisotopic (exact) mass is 468 g/mol. The Balaban J connectivity index is 3.60. The first-order chi connectivity index (χ1) is 8.10. The summed E-state index contributed by atoms with van der Waals surface area (Å²) < 4.78 is 12.0. The molecule has 0 aliphatic heterocycles. The Morgan fingerprint density at radius 3 is 2.12 bits per heavy atom. The lowest BCUT2D eigenvalue weighted by Crippen LogP contribution is -2.22. The van der Waals surface area contributed by atoms with E-state index in [1.54, 1.807) is 6.92 Å². The van der Waals surface area contributed by atoms with Gasteiger partial charge in [0.15, 0.2) is 0 Å². The maximum absolute atomic E-state index is 11.3. The van der Waals surface area contributed by atoms with Gasteiger partial charge in [-0.2, -0.15) is 0 Å². The van der Waals surface area contributed by atoms with E-state index in [9.17, 15) is 9.59 Å². The number of alkyl halides is 2. The minimum absolute atomic E-state index is 0.149. The summed E-state index contributed by atoms with van der Waals surface area (Å²) in [4.78, 5) is 22.5. The van der Waals surface area contributed by atoms with E-state index in [0.717, 1.165) is 21.7 Å². The average Bonchev–Trinajstić information content (AvgIpc) is 2.31. The third-order valence-corrected chi connectivity index (χ3v) is 3.37. The third-order valence-electron chi connectivity index (χ3n) is 1.84. The van der Waals surface area contributed by atoms with Crippen molar-refractivity contribution < 1.29 is 19.1 Å². The Morgan fingerprint density at radius 1 is 1.06 bits per heavy atom. The summed E-state index contributed by atoms with van der Waals surface area (Å²) >= 11 is 4.43. The van der Waals surface area contributed by atoms with Gasteiger partial charge < -0.3 is 9.47 Å². The van der Waals surface area contributed by atoms with Gasteiger partial charge in [-0.15, -0.1) is 0 Å². The molecule has 0 saturated heterocycles. The minimum atomic E-state index is -0.361. The standard InChI is InChI=1S/C11H18I2O4/c1-9(17-11(15)5-3-7-13)8-16-10(14)4-2-6-12/h9H,2-8H2,1H3. The second-order valence-electron chi connectivity index (χ2n) is 3.57. The highest BCUT2D eigenvalue weighted by atomic mass is 127. The van der Waals surface area contributed by atoms with Crippen LogP contribution in [0.4, 0.5) is 0 Å². The van der Waals surface area contributed by atoms with Gasteiger partial charge in [-0.25, -0.2) is 0 Å². The summed E-state index contributed by atoms with van der Waals surface area (Å²) in [6.45, 7) is 1.88.